The third-order valence-corrected chi connectivity index (χ3v) is 1.30. The maximum Gasteiger partial charge on any atom is 0.290 e. The molecule has 1 aromatic rings. The number of nitrogen functional groups attached to an aromatic ring is 1. The molecule has 0 radical (unpaired) electrons. The summed E-state index contributed by atoms with van der Waals surface area (Å²) in [4.78, 5) is 16.2. The molecular formula is C8H13N3O2. The van der Waals surface area contributed by atoms with Crippen molar-refractivity contribution in [2.24, 2.45) is 0 Å². The fourth-order valence-corrected chi connectivity index (χ4v) is 0.704. The minimum atomic E-state index is -0.250. The van der Waals surface area contributed by atoms with Crippen LogP contribution in [0.25, 0.3) is 0 Å². The third-order valence-electron chi connectivity index (χ3n) is 1.30. The van der Waals surface area contributed by atoms with E-state index < -0.39 is 0 Å². The second-order valence-electron chi connectivity index (χ2n) is 2.63. The molecule has 1 rings (SSSR count). The lowest BCUT2D eigenvalue weighted by Gasteiger charge is -2.02. The Balaban J connectivity index is 0.000000424. The van der Waals surface area contributed by atoms with Crippen molar-refractivity contribution >= 4 is 12.3 Å². The number of carbonyl (C=O) groups is 1. The normalized spacial score (nSPS) is 8.85. The lowest BCUT2D eigenvalue weighted by molar-refractivity contribution is -0.122. The van der Waals surface area contributed by atoms with Gasteiger partial charge in [-0.05, 0) is 5.92 Å². The van der Waals surface area contributed by atoms with Crippen LogP contribution in [0.1, 0.15) is 25.5 Å². The highest BCUT2D eigenvalue weighted by Crippen LogP contribution is 2.10. The van der Waals surface area contributed by atoms with E-state index in [1.54, 1.807) is 6.07 Å². The molecule has 0 aromatic carbocycles. The molecule has 0 saturated heterocycles. The predicted molar refractivity (Wildman–Crippen MR) is 49.2 cm³/mol. The number of nitrogens with zero attached hydrogens (tertiary/aromatic N) is 2. The van der Waals surface area contributed by atoms with E-state index >= 15 is 0 Å². The van der Waals surface area contributed by atoms with Crippen molar-refractivity contribution < 1.29 is 9.90 Å². The Labute approximate surface area is 76.6 Å². The van der Waals surface area contributed by atoms with Crippen molar-refractivity contribution in [1.82, 2.24) is 9.97 Å². The summed E-state index contributed by atoms with van der Waals surface area (Å²) >= 11 is 0. The molecule has 13 heavy (non-hydrogen) atoms. The van der Waals surface area contributed by atoms with Crippen molar-refractivity contribution in [3.63, 3.8) is 0 Å². The zero-order valence-electron chi connectivity index (χ0n) is 7.64. The van der Waals surface area contributed by atoms with Crippen LogP contribution in [0.15, 0.2) is 12.4 Å². The number of hydrogen-bond donors (Lipinski definition) is 2. The van der Waals surface area contributed by atoms with Gasteiger partial charge >= 0.3 is 0 Å². The van der Waals surface area contributed by atoms with Gasteiger partial charge in [-0.15, -0.1) is 0 Å². The molecule has 0 fully saturated rings. The number of nitrogens with two attached hydrogens (primary N) is 1. The third kappa shape index (κ3) is 4.73. The summed E-state index contributed by atoms with van der Waals surface area (Å²) in [5.41, 5.74) is 6.44. The van der Waals surface area contributed by atoms with Crippen molar-refractivity contribution in [3.8, 4) is 0 Å². The molecule has 0 amide bonds. The monoisotopic (exact) mass is 183 g/mol. The molecule has 1 aromatic heterocycles. The summed E-state index contributed by atoms with van der Waals surface area (Å²) in [7, 11) is 0. The Morgan fingerprint density at radius 1 is 1.54 bits per heavy atom. The predicted octanol–water partition coefficient (Wildman–Crippen LogP) is 0.883. The summed E-state index contributed by atoms with van der Waals surface area (Å²) in [6, 6.07) is 1.80. The Morgan fingerprint density at radius 2 is 2.08 bits per heavy atom. The molecule has 5 heteroatoms. The first-order valence-electron chi connectivity index (χ1n) is 3.77. The highest BCUT2D eigenvalue weighted by Gasteiger charge is 1.99. The number of rotatable bonds is 1. The maximum atomic E-state index is 8.36. The van der Waals surface area contributed by atoms with Crippen molar-refractivity contribution in [2.45, 2.75) is 19.8 Å². The smallest absolute Gasteiger partial charge is 0.290 e. The standard InChI is InChI=1S/C7H11N3.CH2O2/c1-5(2)6-3-7(8)10-4-9-6;2-1-3/h3-5H,1-2H3,(H2,8,9,10);1H,(H,2,3). The topological polar surface area (TPSA) is 89.1 Å². The van der Waals surface area contributed by atoms with E-state index in [1.807, 2.05) is 0 Å². The van der Waals surface area contributed by atoms with Crippen LogP contribution in [0.2, 0.25) is 0 Å². The quantitative estimate of drug-likeness (QED) is 0.631. The van der Waals surface area contributed by atoms with Crippen LogP contribution in [0, 0.1) is 0 Å². The van der Waals surface area contributed by atoms with Gasteiger partial charge in [0.25, 0.3) is 6.47 Å². The molecule has 5 nitrogen and oxygen atoms in total. The molecule has 72 valence electrons. The first kappa shape index (κ1) is 11.4. The first-order chi connectivity index (χ1) is 6.11. The van der Waals surface area contributed by atoms with Gasteiger partial charge < -0.3 is 10.8 Å². The van der Waals surface area contributed by atoms with E-state index in [-0.39, 0.29) is 6.47 Å². The van der Waals surface area contributed by atoms with Crippen LogP contribution < -0.4 is 5.73 Å². The van der Waals surface area contributed by atoms with Crippen LogP contribution in [0.5, 0.6) is 0 Å². The average molecular weight is 183 g/mol. The first-order valence-corrected chi connectivity index (χ1v) is 3.77. The van der Waals surface area contributed by atoms with Gasteiger partial charge in [-0.25, -0.2) is 9.97 Å². The van der Waals surface area contributed by atoms with E-state index in [1.165, 1.54) is 6.33 Å². The van der Waals surface area contributed by atoms with Crippen LogP contribution in [0.4, 0.5) is 5.82 Å². The van der Waals surface area contributed by atoms with E-state index in [4.69, 9.17) is 15.6 Å². The zero-order valence-corrected chi connectivity index (χ0v) is 7.64. The Bertz CT molecular complexity index is 263. The van der Waals surface area contributed by atoms with Crippen LogP contribution in [0.3, 0.4) is 0 Å². The second kappa shape index (κ2) is 5.93. The van der Waals surface area contributed by atoms with E-state index in [0.29, 0.717) is 11.7 Å². The Morgan fingerprint density at radius 3 is 2.38 bits per heavy atom. The molecule has 0 saturated carbocycles. The van der Waals surface area contributed by atoms with E-state index in [9.17, 15) is 0 Å². The van der Waals surface area contributed by atoms with Gasteiger partial charge in [0.2, 0.25) is 0 Å². The molecule has 0 bridgehead atoms. The Kier molecular flexibility index (Phi) is 5.18. The minimum Gasteiger partial charge on any atom is -0.483 e. The number of anilines is 1. The van der Waals surface area contributed by atoms with Gasteiger partial charge in [-0.1, -0.05) is 13.8 Å². The van der Waals surface area contributed by atoms with Crippen LogP contribution in [-0.2, 0) is 4.79 Å². The van der Waals surface area contributed by atoms with Gasteiger partial charge in [0.15, 0.2) is 0 Å². The summed E-state index contributed by atoms with van der Waals surface area (Å²) in [6.07, 6.45) is 1.49. The van der Waals surface area contributed by atoms with Crippen molar-refractivity contribution in [1.29, 1.82) is 0 Å². The maximum absolute atomic E-state index is 8.36. The SMILES string of the molecule is CC(C)c1cc(N)ncn1.O=CO. The molecule has 1 heterocycles. The highest BCUT2D eigenvalue weighted by molar-refractivity contribution is 5.32. The van der Waals surface area contributed by atoms with Gasteiger partial charge in [-0.2, -0.15) is 0 Å². The molecule has 0 atom stereocenters. The lowest BCUT2D eigenvalue weighted by atomic mass is 10.1. The number of aromatic nitrogens is 2. The molecule has 0 aliphatic rings. The average Bonchev–Trinajstić information content (AvgIpc) is 2.05. The van der Waals surface area contributed by atoms with Crippen LogP contribution in [-0.4, -0.2) is 21.5 Å². The molecule has 0 unspecified atom stereocenters. The largest absolute Gasteiger partial charge is 0.483 e. The molecule has 0 aliphatic heterocycles. The zero-order chi connectivity index (χ0) is 10.3. The minimum absolute atomic E-state index is 0.250. The van der Waals surface area contributed by atoms with E-state index in [2.05, 4.69) is 23.8 Å². The van der Waals surface area contributed by atoms with Gasteiger partial charge in [0.1, 0.15) is 12.1 Å². The van der Waals surface area contributed by atoms with Gasteiger partial charge in [0, 0.05) is 11.8 Å². The lowest BCUT2D eigenvalue weighted by Crippen LogP contribution is -1.96. The molecular weight excluding hydrogens is 170 g/mol. The number of hydrogen-bond acceptors (Lipinski definition) is 4. The van der Waals surface area contributed by atoms with Gasteiger partial charge in [-0.3, -0.25) is 4.79 Å². The van der Waals surface area contributed by atoms with E-state index in [0.717, 1.165) is 5.69 Å². The fraction of sp³-hybridized carbons (Fsp3) is 0.375. The van der Waals surface area contributed by atoms with Gasteiger partial charge in [0.05, 0.1) is 0 Å². The highest BCUT2D eigenvalue weighted by atomic mass is 16.3. The fourth-order valence-electron chi connectivity index (χ4n) is 0.704. The summed E-state index contributed by atoms with van der Waals surface area (Å²) < 4.78 is 0. The van der Waals surface area contributed by atoms with Crippen molar-refractivity contribution in [3.05, 3.63) is 18.1 Å². The summed E-state index contributed by atoms with van der Waals surface area (Å²) in [6.45, 7) is 3.89. The molecule has 0 aliphatic carbocycles. The number of carboxylic acid groups (broad SMARTS) is 1. The summed E-state index contributed by atoms with van der Waals surface area (Å²) in [5.74, 6) is 0.962. The van der Waals surface area contributed by atoms with Crippen LogP contribution >= 0.6 is 0 Å². The molecule has 3 N–H and O–H groups in total. The van der Waals surface area contributed by atoms with Crippen molar-refractivity contribution in [2.75, 3.05) is 5.73 Å². The second-order valence-corrected chi connectivity index (χ2v) is 2.63. The Hall–Kier alpha value is -1.65. The molecule has 0 spiro atoms. The summed E-state index contributed by atoms with van der Waals surface area (Å²) in [5, 5.41) is 6.89.